The largest absolute Gasteiger partial charge is 0.454 e. The van der Waals surface area contributed by atoms with Gasteiger partial charge in [-0.3, -0.25) is 0 Å². The van der Waals surface area contributed by atoms with Gasteiger partial charge in [0, 0.05) is 21.8 Å². The molecule has 5 heteroatoms. The third-order valence-electron chi connectivity index (χ3n) is 3.15. The molecular formula is C15H14N2O2S. The molecule has 2 aromatic rings. The summed E-state index contributed by atoms with van der Waals surface area (Å²) >= 11 is 1.40. The summed E-state index contributed by atoms with van der Waals surface area (Å²) in [6, 6.07) is 7.69. The summed E-state index contributed by atoms with van der Waals surface area (Å²) < 4.78 is 5.26. The molecule has 102 valence electrons. The highest BCUT2D eigenvalue weighted by molar-refractivity contribution is 7.99. The number of hydrogen-bond donors (Lipinski definition) is 0. The molecule has 1 atom stereocenters. The SMILES string of the molecule is Cc1cc(C)nc(Sc2cccc3c2C(=O)OC3C)n1. The average Bonchev–Trinajstić information content (AvgIpc) is 2.65. The van der Waals surface area contributed by atoms with Crippen LogP contribution in [0.4, 0.5) is 0 Å². The van der Waals surface area contributed by atoms with Gasteiger partial charge in [-0.2, -0.15) is 0 Å². The third-order valence-corrected chi connectivity index (χ3v) is 4.07. The van der Waals surface area contributed by atoms with Crippen molar-refractivity contribution in [3.63, 3.8) is 0 Å². The summed E-state index contributed by atoms with van der Waals surface area (Å²) in [6.07, 6.45) is -0.182. The summed E-state index contributed by atoms with van der Waals surface area (Å²) in [5, 5.41) is 0.656. The Balaban J connectivity index is 2.02. The molecule has 20 heavy (non-hydrogen) atoms. The fourth-order valence-corrected chi connectivity index (χ4v) is 3.34. The van der Waals surface area contributed by atoms with Gasteiger partial charge in [0.25, 0.3) is 0 Å². The lowest BCUT2D eigenvalue weighted by Crippen LogP contribution is -1.98. The Hall–Kier alpha value is -1.88. The van der Waals surface area contributed by atoms with E-state index < -0.39 is 0 Å². The zero-order valence-electron chi connectivity index (χ0n) is 11.5. The van der Waals surface area contributed by atoms with Crippen LogP contribution in [0, 0.1) is 13.8 Å². The van der Waals surface area contributed by atoms with Crippen LogP contribution in [0.25, 0.3) is 0 Å². The summed E-state index contributed by atoms with van der Waals surface area (Å²) in [7, 11) is 0. The second kappa shape index (κ2) is 4.90. The smallest absolute Gasteiger partial charge is 0.340 e. The molecule has 0 bridgehead atoms. The van der Waals surface area contributed by atoms with Crippen LogP contribution in [-0.2, 0) is 4.74 Å². The molecule has 3 rings (SSSR count). The van der Waals surface area contributed by atoms with E-state index in [-0.39, 0.29) is 12.1 Å². The fourth-order valence-electron chi connectivity index (χ4n) is 2.31. The number of aromatic nitrogens is 2. The second-order valence-corrected chi connectivity index (χ2v) is 5.81. The van der Waals surface area contributed by atoms with Crippen molar-refractivity contribution in [3.8, 4) is 0 Å². The first-order chi connectivity index (χ1) is 9.54. The van der Waals surface area contributed by atoms with Gasteiger partial charge in [0.1, 0.15) is 6.10 Å². The molecule has 2 heterocycles. The van der Waals surface area contributed by atoms with Gasteiger partial charge in [-0.15, -0.1) is 0 Å². The monoisotopic (exact) mass is 286 g/mol. The molecule has 0 radical (unpaired) electrons. The molecule has 1 aromatic carbocycles. The van der Waals surface area contributed by atoms with Crippen LogP contribution in [0.3, 0.4) is 0 Å². The lowest BCUT2D eigenvalue weighted by Gasteiger charge is -2.06. The van der Waals surface area contributed by atoms with Crippen molar-refractivity contribution >= 4 is 17.7 Å². The minimum absolute atomic E-state index is 0.182. The number of cyclic esters (lactones) is 1. The maximum atomic E-state index is 11.9. The number of carbonyl (C=O) groups excluding carboxylic acids is 1. The van der Waals surface area contributed by atoms with Crippen LogP contribution in [-0.4, -0.2) is 15.9 Å². The number of nitrogens with zero attached hydrogens (tertiary/aromatic N) is 2. The Bertz CT molecular complexity index is 680. The zero-order valence-corrected chi connectivity index (χ0v) is 12.3. The molecule has 0 saturated heterocycles. The van der Waals surface area contributed by atoms with E-state index in [4.69, 9.17) is 4.74 Å². The van der Waals surface area contributed by atoms with Gasteiger partial charge in [-0.25, -0.2) is 14.8 Å². The van der Waals surface area contributed by atoms with Crippen LogP contribution in [0.15, 0.2) is 34.3 Å². The van der Waals surface area contributed by atoms with Crippen LogP contribution in [0.5, 0.6) is 0 Å². The molecule has 0 spiro atoms. The minimum Gasteiger partial charge on any atom is -0.454 e. The fraction of sp³-hybridized carbons (Fsp3) is 0.267. The molecule has 0 amide bonds. The molecular weight excluding hydrogens is 272 g/mol. The van der Waals surface area contributed by atoms with Crippen LogP contribution in [0.2, 0.25) is 0 Å². The Morgan fingerprint density at radius 3 is 2.60 bits per heavy atom. The topological polar surface area (TPSA) is 52.1 Å². The number of carbonyl (C=O) groups is 1. The van der Waals surface area contributed by atoms with Gasteiger partial charge in [-0.1, -0.05) is 12.1 Å². The quantitative estimate of drug-likeness (QED) is 0.625. The highest BCUT2D eigenvalue weighted by atomic mass is 32.2. The molecule has 0 saturated carbocycles. The van der Waals surface area contributed by atoms with Crippen molar-refractivity contribution in [1.82, 2.24) is 9.97 Å². The Kier molecular flexibility index (Phi) is 3.22. The number of esters is 1. The second-order valence-electron chi connectivity index (χ2n) is 4.80. The maximum absolute atomic E-state index is 11.9. The molecule has 0 aliphatic carbocycles. The molecule has 1 aromatic heterocycles. The number of rotatable bonds is 2. The van der Waals surface area contributed by atoms with Crippen molar-refractivity contribution in [3.05, 3.63) is 46.8 Å². The normalized spacial score (nSPS) is 16.9. The van der Waals surface area contributed by atoms with Crippen molar-refractivity contribution < 1.29 is 9.53 Å². The summed E-state index contributed by atoms with van der Waals surface area (Å²) in [5.74, 6) is -0.264. The third kappa shape index (κ3) is 2.29. The van der Waals surface area contributed by atoms with Crippen LogP contribution < -0.4 is 0 Å². The van der Waals surface area contributed by atoms with E-state index >= 15 is 0 Å². The van der Waals surface area contributed by atoms with Crippen molar-refractivity contribution in [1.29, 1.82) is 0 Å². The van der Waals surface area contributed by atoms with Gasteiger partial charge in [0.2, 0.25) is 0 Å². The minimum atomic E-state index is -0.264. The number of aryl methyl sites for hydroxylation is 2. The summed E-state index contributed by atoms with van der Waals surface area (Å²) in [5.41, 5.74) is 3.42. The van der Waals surface area contributed by atoms with Gasteiger partial charge < -0.3 is 4.74 Å². The van der Waals surface area contributed by atoms with Crippen LogP contribution >= 0.6 is 11.8 Å². The van der Waals surface area contributed by atoms with Gasteiger partial charge in [0.15, 0.2) is 5.16 Å². The van der Waals surface area contributed by atoms with E-state index in [0.717, 1.165) is 21.8 Å². The number of fused-ring (bicyclic) bond motifs is 1. The average molecular weight is 286 g/mol. The van der Waals surface area contributed by atoms with Gasteiger partial charge >= 0.3 is 5.97 Å². The zero-order chi connectivity index (χ0) is 14.3. The first kappa shape index (κ1) is 13.1. The highest BCUT2D eigenvalue weighted by Gasteiger charge is 2.30. The molecule has 4 nitrogen and oxygen atoms in total. The number of hydrogen-bond acceptors (Lipinski definition) is 5. The number of benzene rings is 1. The first-order valence-corrected chi connectivity index (χ1v) is 7.20. The van der Waals surface area contributed by atoms with Crippen molar-refractivity contribution in [2.75, 3.05) is 0 Å². The van der Waals surface area contributed by atoms with Crippen molar-refractivity contribution in [2.24, 2.45) is 0 Å². The van der Waals surface area contributed by atoms with E-state index in [2.05, 4.69) is 9.97 Å². The Morgan fingerprint density at radius 1 is 1.20 bits per heavy atom. The predicted molar refractivity (Wildman–Crippen MR) is 75.9 cm³/mol. The summed E-state index contributed by atoms with van der Waals surface area (Å²) in [4.78, 5) is 21.6. The van der Waals surface area contributed by atoms with Gasteiger partial charge in [0.05, 0.1) is 5.56 Å². The van der Waals surface area contributed by atoms with E-state index in [1.165, 1.54) is 11.8 Å². The highest BCUT2D eigenvalue weighted by Crippen LogP contribution is 2.38. The van der Waals surface area contributed by atoms with E-state index in [1.54, 1.807) is 0 Å². The molecule has 0 N–H and O–H groups in total. The standard InChI is InChI=1S/C15H14N2O2S/c1-8-7-9(2)17-15(16-8)20-12-6-4-5-11-10(3)19-14(18)13(11)12/h4-7,10H,1-3H3. The first-order valence-electron chi connectivity index (χ1n) is 6.38. The maximum Gasteiger partial charge on any atom is 0.340 e. The van der Waals surface area contributed by atoms with Gasteiger partial charge in [-0.05, 0) is 44.7 Å². The Labute approximate surface area is 121 Å². The van der Waals surface area contributed by atoms with E-state index in [0.29, 0.717) is 10.7 Å². The van der Waals surface area contributed by atoms with Crippen molar-refractivity contribution in [2.45, 2.75) is 36.9 Å². The molecule has 1 aliphatic rings. The summed E-state index contributed by atoms with van der Waals surface area (Å²) in [6.45, 7) is 5.75. The number of ether oxygens (including phenoxy) is 1. The molecule has 1 aliphatic heterocycles. The Morgan fingerprint density at radius 2 is 1.90 bits per heavy atom. The van der Waals surface area contributed by atoms with Crippen LogP contribution in [0.1, 0.15) is 40.3 Å². The lowest BCUT2D eigenvalue weighted by atomic mass is 10.1. The van der Waals surface area contributed by atoms with E-state index in [1.807, 2.05) is 45.0 Å². The molecule has 1 unspecified atom stereocenters. The predicted octanol–water partition coefficient (Wildman–Crippen LogP) is 3.48. The lowest BCUT2D eigenvalue weighted by molar-refractivity contribution is 0.0419. The molecule has 0 fully saturated rings. The van der Waals surface area contributed by atoms with E-state index in [9.17, 15) is 4.79 Å².